The number of amides is 8. The number of nitro groups is 1. The lowest BCUT2D eigenvalue weighted by Crippen LogP contribution is -2.61. The van der Waals surface area contributed by atoms with E-state index in [9.17, 15) is 49.4 Å². The predicted molar refractivity (Wildman–Crippen MR) is 522 cm³/mol. The number of allylic oxidation sites excluding steroid dienone is 1. The maximum absolute atomic E-state index is 15.8. The van der Waals surface area contributed by atoms with Gasteiger partial charge in [0.25, 0.3) is 5.69 Å². The van der Waals surface area contributed by atoms with Crippen molar-refractivity contribution in [2.75, 3.05) is 44.3 Å². The summed E-state index contributed by atoms with van der Waals surface area (Å²) >= 11 is 1.95. The van der Waals surface area contributed by atoms with E-state index in [-0.39, 0.29) is 66.8 Å². The monoisotopic (exact) mass is 1860 g/mol. The van der Waals surface area contributed by atoms with Crippen LogP contribution in [0.2, 0.25) is 0 Å². The maximum Gasteiger partial charge on any atom is 0.412 e. The molecule has 8 amide bonds. The van der Waals surface area contributed by atoms with Gasteiger partial charge in [-0.15, -0.1) is 11.8 Å². The number of non-ortho nitro benzene ring substituents is 1. The molecule has 0 bridgehead atoms. The highest BCUT2D eigenvalue weighted by atomic mass is 33.1. The molecule has 0 saturated carbocycles. The first-order valence-electron chi connectivity index (χ1n) is 46.0. The van der Waals surface area contributed by atoms with Crippen molar-refractivity contribution in [3.63, 3.8) is 0 Å². The summed E-state index contributed by atoms with van der Waals surface area (Å²) < 4.78 is 9.68. The van der Waals surface area contributed by atoms with Gasteiger partial charge in [0, 0.05) is 60.7 Å². The topological polar surface area (TPSA) is 410 Å². The first-order valence-corrected chi connectivity index (χ1v) is 49.3. The number of fused-ring (bicyclic) bond motifs is 1. The zero-order valence-corrected chi connectivity index (χ0v) is 79.4. The fourth-order valence-electron chi connectivity index (χ4n) is 15.0. The molecule has 1 aliphatic heterocycles. The Bertz CT molecular complexity index is 4560. The zero-order chi connectivity index (χ0) is 94.9. The molecular formula is C101H137N11O16S3. The molecule has 1 fully saturated rings. The van der Waals surface area contributed by atoms with Crippen LogP contribution in [0.3, 0.4) is 0 Å². The van der Waals surface area contributed by atoms with Gasteiger partial charge < -0.3 is 78.4 Å². The first kappa shape index (κ1) is 108. The summed E-state index contributed by atoms with van der Waals surface area (Å²) in [6, 6.07) is 54.5. The molecule has 1 saturated heterocycles. The number of ether oxygens (including phenoxy) is 2. The number of nitrogens with one attached hydrogen (secondary N) is 9. The number of hydrogen-bond acceptors (Lipinski definition) is 21. The van der Waals surface area contributed by atoms with Crippen molar-refractivity contribution in [2.45, 2.75) is 254 Å². The summed E-state index contributed by atoms with van der Waals surface area (Å²) in [7, 11) is 2.20. The van der Waals surface area contributed by atoms with Crippen molar-refractivity contribution in [1.82, 2.24) is 47.9 Å². The van der Waals surface area contributed by atoms with Crippen LogP contribution < -0.4 is 58.3 Å². The van der Waals surface area contributed by atoms with Crippen LogP contribution in [0, 0.1) is 16.0 Å². The third kappa shape index (κ3) is 37.6. The van der Waals surface area contributed by atoms with E-state index in [1.165, 1.54) is 70.2 Å². The van der Waals surface area contributed by atoms with E-state index in [1.54, 1.807) is 20.8 Å². The molecule has 7 aromatic carbocycles. The second-order valence-electron chi connectivity index (χ2n) is 34.0. The fourth-order valence-corrected chi connectivity index (χ4v) is 19.2. The van der Waals surface area contributed by atoms with Gasteiger partial charge in [0.1, 0.15) is 35.5 Å². The minimum Gasteiger partial charge on any atom is -0.444 e. The summed E-state index contributed by atoms with van der Waals surface area (Å²) in [5.41, 5.74) is 11.9. The third-order valence-corrected chi connectivity index (χ3v) is 26.5. The summed E-state index contributed by atoms with van der Waals surface area (Å²) in [5, 5.41) is 68.6. The summed E-state index contributed by atoms with van der Waals surface area (Å²) in [6.45, 7) is 15.3. The van der Waals surface area contributed by atoms with Crippen molar-refractivity contribution in [3.8, 4) is 5.75 Å². The average molecular weight is 1860 g/mol. The molecule has 14 N–H and O–H groups in total. The van der Waals surface area contributed by atoms with Gasteiger partial charge in [-0.1, -0.05) is 276 Å². The molecule has 1 aliphatic carbocycles. The number of nitrogens with two attached hydrogens (primary N) is 1. The normalized spacial score (nSPS) is 18.1. The number of rotatable bonds is 41. The molecule has 0 spiro atoms. The Hall–Kier alpha value is -10.4. The number of thioether (sulfide) groups is 1. The maximum atomic E-state index is 15.8. The third-order valence-electron chi connectivity index (χ3n) is 22.2. The number of carbonyl (C=O) groups excluding carboxylic acids is 9. The summed E-state index contributed by atoms with van der Waals surface area (Å²) in [6.07, 6.45) is 11.6. The second-order valence-corrected chi connectivity index (χ2v) is 38.0. The van der Waals surface area contributed by atoms with E-state index in [1.807, 2.05) is 128 Å². The molecule has 131 heavy (non-hydrogen) atoms. The van der Waals surface area contributed by atoms with Crippen molar-refractivity contribution in [2.24, 2.45) is 11.7 Å². The van der Waals surface area contributed by atoms with Crippen LogP contribution in [0.4, 0.5) is 15.3 Å². The van der Waals surface area contributed by atoms with Gasteiger partial charge in [0.05, 0.1) is 46.6 Å². The van der Waals surface area contributed by atoms with Crippen molar-refractivity contribution in [3.05, 3.63) is 255 Å². The number of aliphatic hydroxyl groups is 3. The lowest BCUT2D eigenvalue weighted by Gasteiger charge is -2.38. The lowest BCUT2D eigenvalue weighted by atomic mass is 9.84. The Kier molecular flexibility index (Phi) is 48.0. The highest BCUT2D eigenvalue weighted by Crippen LogP contribution is 2.52. The number of carbonyl (C=O) groups is 9. The number of Topliss-reactive ketones (excluding diaryl/α,β-unsaturated/α-hetero) is 1. The molecule has 710 valence electrons. The number of ketones is 1. The highest BCUT2D eigenvalue weighted by molar-refractivity contribution is 8.76. The van der Waals surface area contributed by atoms with E-state index in [2.05, 4.69) is 134 Å². The van der Waals surface area contributed by atoms with Crippen LogP contribution in [0.1, 0.15) is 203 Å². The lowest BCUT2D eigenvalue weighted by molar-refractivity contribution is -0.384. The van der Waals surface area contributed by atoms with Crippen molar-refractivity contribution < 1.29 is 72.9 Å². The minimum atomic E-state index is -1.73. The number of unbranched alkanes of at least 4 members (excludes halogenated alkanes) is 8. The van der Waals surface area contributed by atoms with Gasteiger partial charge in [0.15, 0.2) is 5.78 Å². The van der Waals surface area contributed by atoms with E-state index in [0.29, 0.717) is 37.9 Å². The molecule has 9 rings (SSSR count). The van der Waals surface area contributed by atoms with E-state index in [0.717, 1.165) is 106 Å². The smallest absolute Gasteiger partial charge is 0.412 e. The number of nitrogens with zero attached hydrogens (tertiary/aromatic N) is 1. The molecule has 7 aromatic rings. The van der Waals surface area contributed by atoms with Crippen LogP contribution >= 0.6 is 33.3 Å². The predicted octanol–water partition coefficient (Wildman–Crippen LogP) is 14.3. The van der Waals surface area contributed by atoms with Crippen molar-refractivity contribution >= 4 is 98.0 Å². The zero-order valence-electron chi connectivity index (χ0n) is 77.0. The number of aliphatic hydroxyl groups excluding tert-OH is 3. The van der Waals surface area contributed by atoms with E-state index >= 15 is 19.2 Å². The molecule has 1 heterocycles. The Balaban J connectivity index is 0.00000104. The largest absolute Gasteiger partial charge is 0.444 e. The van der Waals surface area contributed by atoms with Gasteiger partial charge in [-0.25, -0.2) is 9.59 Å². The SMILES string of the molecule is CCCCCCCCCCC(CCN[C@H](Cc1ccccc1)C(=O)N[C@H]1CSSC[C@@H](C(=O)N[C@@H](CO)[C@@H](C)O)NC(=O)[C@H]([C@@H](C)O)NC(=O)[C@H](CCCCNC(=O)OC(C)(C)C)NC(=O)[C@@H](CC2=CCc3ccccc32)NC(=O)[C@H](Cc2ccccc2)CC1=O)SC(c1ccccc1)(c1ccccc1)c1ccccc1.CCCN.CCCNC(=O)Oc1ccc([N+](=O)[O-])cc1. The second kappa shape index (κ2) is 58.5. The first-order chi connectivity index (χ1) is 63.1. The highest BCUT2D eigenvalue weighted by Gasteiger charge is 2.41. The number of alkyl carbamates (subject to hydrolysis) is 1. The van der Waals surface area contributed by atoms with Gasteiger partial charge in [0.2, 0.25) is 35.4 Å². The molecule has 2 aliphatic rings. The van der Waals surface area contributed by atoms with Crippen LogP contribution in [-0.4, -0.2) is 183 Å². The van der Waals surface area contributed by atoms with Crippen LogP contribution in [0.5, 0.6) is 5.75 Å². The summed E-state index contributed by atoms with van der Waals surface area (Å²) in [5.74, 6) is -6.30. The molecule has 0 aromatic heterocycles. The van der Waals surface area contributed by atoms with E-state index < -0.39 is 142 Å². The number of benzene rings is 7. The molecule has 27 nitrogen and oxygen atoms in total. The van der Waals surface area contributed by atoms with Crippen LogP contribution in [0.25, 0.3) is 5.57 Å². The number of hydrogen-bond donors (Lipinski definition) is 13. The summed E-state index contributed by atoms with van der Waals surface area (Å²) in [4.78, 5) is 140. The fraction of sp³-hybridized carbons (Fsp3) is 0.475. The quantitative estimate of drug-likeness (QED) is 0.00556. The van der Waals surface area contributed by atoms with E-state index in [4.69, 9.17) is 15.2 Å². The van der Waals surface area contributed by atoms with Gasteiger partial charge in [-0.3, -0.25) is 43.7 Å². The van der Waals surface area contributed by atoms with Crippen LogP contribution in [-0.2, 0) is 62.3 Å². The van der Waals surface area contributed by atoms with Gasteiger partial charge in [-0.2, -0.15) is 0 Å². The standard InChI is InChI=1S/C88H116N8O12S3.C10H12N2O4.C3H9N/c1-7-8-9-10-11-12-13-29-45-70(111-88(67-39-23-16-24-40-67,68-41-25-17-26-42-68)69-43-27-18-28-44-69)50-52-89-73(54-63-36-21-15-22-37-63)82(103)94-76-58-109-110-59-77(84(105)93-75(57-97)60(2)98)95-85(106)79(61(3)99)96-81(102)72(47-32-33-51-90-86(107)108-87(4,5)6)91-83(104)74(55-65-49-48-64-38-30-31-46-71(64)65)92-80(101)66(56-78(76)100)53-62-34-19-14-20-35-62;1-2-7-11-10(13)16-9-5-3-8(4-6-9)12(14)15;1-2-3-4/h14-28,30-31,34-44,46,49,60-61,66,70,72-77,79,89,97-99H,7-13,29,32-33,45,47-48,50-59H2,1-6H3,(H,90,107)(H,91,104)(H,92,101)(H,93,105)(H,94,103)(H,95,106)(H,96,102);3-6H,2,7H2,1H3,(H,11,13);2-4H2,1H3/t60-,61-,66-,70?,72+,73-,74-,75+,76+,77+,79+;;/m1../s1. The van der Waals surface area contributed by atoms with Crippen molar-refractivity contribution in [1.29, 1.82) is 0 Å². The van der Waals surface area contributed by atoms with Crippen LogP contribution in [0.15, 0.2) is 206 Å². The molecular weight excluding hydrogens is 1720 g/mol. The Morgan fingerprint density at radius 1 is 0.595 bits per heavy atom. The Morgan fingerprint density at radius 3 is 1.71 bits per heavy atom. The molecule has 30 heteroatoms. The number of nitro benzene ring substituents is 1. The molecule has 0 radical (unpaired) electrons. The Labute approximate surface area is 784 Å². The minimum absolute atomic E-state index is 0.0398. The average Bonchev–Trinajstić information content (AvgIpc) is 0.868. The van der Waals surface area contributed by atoms with Gasteiger partial charge in [-0.05, 0) is 169 Å². The Morgan fingerprint density at radius 2 is 1.15 bits per heavy atom. The van der Waals surface area contributed by atoms with Gasteiger partial charge >= 0.3 is 12.2 Å². The molecule has 11 atom stereocenters. The molecule has 1 unspecified atom stereocenters.